The second-order valence-corrected chi connectivity index (χ2v) is 5.18. The van der Waals surface area contributed by atoms with E-state index in [-0.39, 0.29) is 6.61 Å². The molecule has 2 fully saturated rings. The lowest BCUT2D eigenvalue weighted by Gasteiger charge is -2.32. The van der Waals surface area contributed by atoms with Crippen molar-refractivity contribution in [3.05, 3.63) is 23.9 Å². The van der Waals surface area contributed by atoms with Crippen molar-refractivity contribution in [1.82, 2.24) is 9.88 Å². The largest absolute Gasteiger partial charge is 0.390 e. The minimum atomic E-state index is 0.00850. The Morgan fingerprint density at radius 2 is 2.11 bits per heavy atom. The van der Waals surface area contributed by atoms with Crippen LogP contribution in [0, 0.1) is 0 Å². The Balaban J connectivity index is 1.64. The van der Waals surface area contributed by atoms with E-state index < -0.39 is 0 Å². The molecule has 0 aromatic carbocycles. The van der Waals surface area contributed by atoms with Crippen molar-refractivity contribution in [1.29, 1.82) is 0 Å². The summed E-state index contributed by atoms with van der Waals surface area (Å²) >= 11 is 0. The summed E-state index contributed by atoms with van der Waals surface area (Å²) in [6.45, 7) is 5.88. The summed E-state index contributed by atoms with van der Waals surface area (Å²) in [5.41, 5.74) is 0.743. The van der Waals surface area contributed by atoms with E-state index in [1.54, 1.807) is 0 Å². The number of morpholine rings is 1. The van der Waals surface area contributed by atoms with Crippen LogP contribution in [0.15, 0.2) is 18.2 Å². The molecule has 0 amide bonds. The summed E-state index contributed by atoms with van der Waals surface area (Å²) in [6.07, 6.45) is 1.19. The van der Waals surface area contributed by atoms with Crippen molar-refractivity contribution in [2.24, 2.45) is 0 Å². The first kappa shape index (κ1) is 12.8. The predicted octanol–water partition coefficient (Wildman–Crippen LogP) is 0.485. The molecular weight excluding hydrogens is 242 g/mol. The molecule has 0 radical (unpaired) electrons. The molecule has 3 heterocycles. The Bertz CT molecular complexity index is 421. The molecule has 5 heteroatoms. The highest BCUT2D eigenvalue weighted by molar-refractivity contribution is 5.40. The van der Waals surface area contributed by atoms with Gasteiger partial charge in [0.15, 0.2) is 0 Å². The van der Waals surface area contributed by atoms with Crippen LogP contribution in [0.4, 0.5) is 5.82 Å². The number of aliphatic hydroxyl groups is 1. The highest BCUT2D eigenvalue weighted by atomic mass is 16.5. The smallest absolute Gasteiger partial charge is 0.128 e. The van der Waals surface area contributed by atoms with E-state index in [2.05, 4.69) is 14.8 Å². The van der Waals surface area contributed by atoms with Crippen molar-refractivity contribution >= 4 is 5.82 Å². The second-order valence-electron chi connectivity index (χ2n) is 5.18. The number of aromatic nitrogens is 1. The molecule has 2 aliphatic heterocycles. The van der Waals surface area contributed by atoms with Crippen LogP contribution in [0.25, 0.3) is 0 Å². The second kappa shape index (κ2) is 5.86. The average Bonchev–Trinajstić information content (AvgIpc) is 2.98. The van der Waals surface area contributed by atoms with Gasteiger partial charge in [-0.2, -0.15) is 0 Å². The van der Waals surface area contributed by atoms with Gasteiger partial charge in [-0.1, -0.05) is 6.07 Å². The van der Waals surface area contributed by atoms with E-state index in [1.807, 2.05) is 18.2 Å². The maximum absolute atomic E-state index is 9.16. The summed E-state index contributed by atoms with van der Waals surface area (Å²) in [6, 6.07) is 6.47. The molecule has 1 aromatic rings. The SMILES string of the molecule is OCc1cccc(N2CCC(N3CCOCC3)C2)n1. The molecular formula is C14H21N3O2. The summed E-state index contributed by atoms with van der Waals surface area (Å²) < 4.78 is 5.41. The van der Waals surface area contributed by atoms with Crippen LogP contribution < -0.4 is 4.90 Å². The fourth-order valence-electron chi connectivity index (χ4n) is 2.92. The van der Waals surface area contributed by atoms with Gasteiger partial charge >= 0.3 is 0 Å². The van der Waals surface area contributed by atoms with Crippen molar-refractivity contribution in [2.45, 2.75) is 19.1 Å². The molecule has 0 spiro atoms. The molecule has 1 N–H and O–H groups in total. The zero-order valence-corrected chi connectivity index (χ0v) is 11.2. The summed E-state index contributed by atoms with van der Waals surface area (Å²) in [5, 5.41) is 9.16. The number of aliphatic hydroxyl groups excluding tert-OH is 1. The van der Waals surface area contributed by atoms with Crippen LogP contribution in [0.3, 0.4) is 0 Å². The van der Waals surface area contributed by atoms with Gasteiger partial charge in [-0.3, -0.25) is 4.90 Å². The Hall–Kier alpha value is -1.17. The lowest BCUT2D eigenvalue weighted by molar-refractivity contribution is 0.0209. The van der Waals surface area contributed by atoms with Crippen LogP contribution in [-0.2, 0) is 11.3 Å². The number of rotatable bonds is 3. The predicted molar refractivity (Wildman–Crippen MR) is 73.2 cm³/mol. The average molecular weight is 263 g/mol. The third-order valence-corrected chi connectivity index (χ3v) is 4.00. The number of hydrogen-bond donors (Lipinski definition) is 1. The molecule has 19 heavy (non-hydrogen) atoms. The number of nitrogens with zero attached hydrogens (tertiary/aromatic N) is 3. The van der Waals surface area contributed by atoms with Gasteiger partial charge in [0.1, 0.15) is 5.82 Å². The molecule has 0 aliphatic carbocycles. The maximum atomic E-state index is 9.16. The first-order valence-electron chi connectivity index (χ1n) is 7.00. The number of ether oxygens (including phenoxy) is 1. The standard InChI is InChI=1S/C14H21N3O2/c18-11-12-2-1-3-14(15-12)17-5-4-13(10-17)16-6-8-19-9-7-16/h1-3,13,18H,4-11H2. The first-order chi connectivity index (χ1) is 9.36. The van der Waals surface area contributed by atoms with Gasteiger partial charge in [0.25, 0.3) is 0 Å². The van der Waals surface area contributed by atoms with Crippen molar-refractivity contribution < 1.29 is 9.84 Å². The van der Waals surface area contributed by atoms with E-state index in [0.717, 1.165) is 50.9 Å². The van der Waals surface area contributed by atoms with Gasteiger partial charge in [0, 0.05) is 32.2 Å². The Morgan fingerprint density at radius 1 is 1.26 bits per heavy atom. The van der Waals surface area contributed by atoms with Gasteiger partial charge in [-0.25, -0.2) is 4.98 Å². The molecule has 1 unspecified atom stereocenters. The Morgan fingerprint density at radius 3 is 2.89 bits per heavy atom. The molecule has 1 aromatic heterocycles. The molecule has 104 valence electrons. The van der Waals surface area contributed by atoms with Gasteiger partial charge in [0.05, 0.1) is 25.5 Å². The van der Waals surface area contributed by atoms with Crippen LogP contribution in [-0.4, -0.2) is 60.4 Å². The summed E-state index contributed by atoms with van der Waals surface area (Å²) in [7, 11) is 0. The molecule has 3 rings (SSSR count). The molecule has 0 saturated carbocycles. The molecule has 0 bridgehead atoms. The zero-order valence-electron chi connectivity index (χ0n) is 11.2. The van der Waals surface area contributed by atoms with Crippen LogP contribution >= 0.6 is 0 Å². The van der Waals surface area contributed by atoms with Crippen molar-refractivity contribution in [2.75, 3.05) is 44.3 Å². The lowest BCUT2D eigenvalue weighted by Crippen LogP contribution is -2.44. The normalized spacial score (nSPS) is 24.9. The van der Waals surface area contributed by atoms with Crippen molar-refractivity contribution in [3.63, 3.8) is 0 Å². The van der Waals surface area contributed by atoms with Gasteiger partial charge in [-0.05, 0) is 18.6 Å². The van der Waals surface area contributed by atoms with E-state index >= 15 is 0 Å². The van der Waals surface area contributed by atoms with E-state index in [0.29, 0.717) is 6.04 Å². The topological polar surface area (TPSA) is 48.8 Å². The highest BCUT2D eigenvalue weighted by Crippen LogP contribution is 2.22. The van der Waals surface area contributed by atoms with Crippen molar-refractivity contribution in [3.8, 4) is 0 Å². The summed E-state index contributed by atoms with van der Waals surface area (Å²) in [5.74, 6) is 0.988. The molecule has 2 saturated heterocycles. The van der Waals surface area contributed by atoms with Gasteiger partial charge < -0.3 is 14.7 Å². The first-order valence-corrected chi connectivity index (χ1v) is 7.00. The van der Waals surface area contributed by atoms with Gasteiger partial charge in [-0.15, -0.1) is 0 Å². The molecule has 5 nitrogen and oxygen atoms in total. The fraction of sp³-hybridized carbons (Fsp3) is 0.643. The summed E-state index contributed by atoms with van der Waals surface area (Å²) in [4.78, 5) is 9.33. The lowest BCUT2D eigenvalue weighted by atomic mass is 10.2. The Labute approximate surface area is 113 Å². The number of pyridine rings is 1. The van der Waals surface area contributed by atoms with E-state index in [9.17, 15) is 0 Å². The van der Waals surface area contributed by atoms with Crippen LogP contribution in [0.2, 0.25) is 0 Å². The highest BCUT2D eigenvalue weighted by Gasteiger charge is 2.29. The van der Waals surface area contributed by atoms with Gasteiger partial charge in [0.2, 0.25) is 0 Å². The zero-order chi connectivity index (χ0) is 13.1. The maximum Gasteiger partial charge on any atom is 0.128 e. The van der Waals surface area contributed by atoms with E-state index in [4.69, 9.17) is 9.84 Å². The third kappa shape index (κ3) is 2.88. The monoisotopic (exact) mass is 263 g/mol. The number of anilines is 1. The Kier molecular flexibility index (Phi) is 3.96. The minimum absolute atomic E-state index is 0.00850. The molecule has 1 atom stereocenters. The quantitative estimate of drug-likeness (QED) is 0.860. The molecule has 2 aliphatic rings. The fourth-order valence-corrected chi connectivity index (χ4v) is 2.92. The van der Waals surface area contributed by atoms with Crippen LogP contribution in [0.1, 0.15) is 12.1 Å². The third-order valence-electron chi connectivity index (χ3n) is 4.00. The number of hydrogen-bond acceptors (Lipinski definition) is 5. The van der Waals surface area contributed by atoms with E-state index in [1.165, 1.54) is 6.42 Å². The van der Waals surface area contributed by atoms with Crippen LogP contribution in [0.5, 0.6) is 0 Å². The minimum Gasteiger partial charge on any atom is -0.390 e.